The summed E-state index contributed by atoms with van der Waals surface area (Å²) in [6.07, 6.45) is 3.57. The summed E-state index contributed by atoms with van der Waals surface area (Å²) in [5, 5.41) is 17.6. The number of carbonyl (C=O) groups excluding carboxylic acids is 4. The Labute approximate surface area is 217 Å². The number of carbonyl (C=O) groups is 4. The van der Waals surface area contributed by atoms with Gasteiger partial charge in [0.25, 0.3) is 0 Å². The van der Waals surface area contributed by atoms with Gasteiger partial charge in [-0.25, -0.2) is 0 Å². The van der Waals surface area contributed by atoms with Crippen molar-refractivity contribution in [3.63, 3.8) is 0 Å². The van der Waals surface area contributed by atoms with E-state index in [0.29, 0.717) is 24.7 Å². The number of aliphatic hydroxyl groups is 1. The third-order valence-electron chi connectivity index (χ3n) is 6.84. The first kappa shape index (κ1) is 28.6. The second-order valence-electron chi connectivity index (χ2n) is 10.1. The molecule has 3 rings (SSSR count). The van der Waals surface area contributed by atoms with Crippen LogP contribution in [0.3, 0.4) is 0 Å². The monoisotopic (exact) mass is 517 g/mol. The van der Waals surface area contributed by atoms with Crippen LogP contribution in [-0.4, -0.2) is 72.7 Å². The number of ether oxygens (including phenoxy) is 2. The minimum Gasteiger partial charge on any atom is -0.497 e. The van der Waals surface area contributed by atoms with Gasteiger partial charge < -0.3 is 30.5 Å². The zero-order chi connectivity index (χ0) is 26.9. The lowest BCUT2D eigenvalue weighted by Gasteiger charge is -2.25. The van der Waals surface area contributed by atoms with Gasteiger partial charge in [0.1, 0.15) is 23.9 Å². The van der Waals surface area contributed by atoms with Crippen LogP contribution in [0.2, 0.25) is 0 Å². The zero-order valence-electron chi connectivity index (χ0n) is 21.8. The van der Waals surface area contributed by atoms with Crippen LogP contribution in [0.5, 0.6) is 5.75 Å². The standard InChI is InChI=1S/C27H39N3O7/c1-16(31)12-24(32)28-17(2)26(34)30-22(14-19-8-10-20(36-3)11-9-19)27(35)29-21(25(33)23-15-37-23)13-18-6-4-5-7-18/h8-11,16-18,21-23,31H,4-7,12-15H2,1-3H3,(H,28,32)(H,29,35)(H,30,34)/t16-,17-,21+,22+,23-/m1/s1. The molecule has 1 aromatic rings. The van der Waals surface area contributed by atoms with Crippen molar-refractivity contribution in [3.8, 4) is 5.75 Å². The highest BCUT2D eigenvalue weighted by molar-refractivity contribution is 5.96. The Morgan fingerprint density at radius 1 is 1.00 bits per heavy atom. The molecule has 10 heteroatoms. The van der Waals surface area contributed by atoms with E-state index in [1.165, 1.54) is 13.8 Å². The molecule has 0 aromatic heterocycles. The topological polar surface area (TPSA) is 146 Å². The molecule has 1 aliphatic heterocycles. The van der Waals surface area contributed by atoms with E-state index >= 15 is 0 Å². The molecule has 37 heavy (non-hydrogen) atoms. The predicted molar refractivity (Wildman–Crippen MR) is 136 cm³/mol. The Morgan fingerprint density at radius 2 is 1.62 bits per heavy atom. The number of rotatable bonds is 14. The minimum atomic E-state index is -0.976. The van der Waals surface area contributed by atoms with Gasteiger partial charge in [-0.3, -0.25) is 19.2 Å². The molecule has 1 heterocycles. The summed E-state index contributed by atoms with van der Waals surface area (Å²) in [6, 6.07) is 4.56. The van der Waals surface area contributed by atoms with Crippen LogP contribution in [0.1, 0.15) is 57.9 Å². The molecule has 2 aliphatic rings. The van der Waals surface area contributed by atoms with Crippen molar-refractivity contribution >= 4 is 23.5 Å². The molecule has 3 amide bonds. The number of hydrogen-bond donors (Lipinski definition) is 4. The third kappa shape index (κ3) is 9.12. The summed E-state index contributed by atoms with van der Waals surface area (Å²) in [6.45, 7) is 3.36. The lowest BCUT2D eigenvalue weighted by molar-refractivity contribution is -0.133. The van der Waals surface area contributed by atoms with Crippen LogP contribution in [-0.2, 0) is 30.3 Å². The highest BCUT2D eigenvalue weighted by Crippen LogP contribution is 2.30. The molecular weight excluding hydrogens is 478 g/mol. The van der Waals surface area contributed by atoms with Crippen LogP contribution in [0.15, 0.2) is 24.3 Å². The van der Waals surface area contributed by atoms with E-state index in [4.69, 9.17) is 9.47 Å². The number of methoxy groups -OCH3 is 1. The Bertz CT molecular complexity index is 940. The van der Waals surface area contributed by atoms with Gasteiger partial charge in [0, 0.05) is 6.42 Å². The molecule has 0 unspecified atom stereocenters. The van der Waals surface area contributed by atoms with Crippen molar-refractivity contribution in [2.24, 2.45) is 5.92 Å². The van der Waals surface area contributed by atoms with Gasteiger partial charge in [0.05, 0.1) is 32.3 Å². The Morgan fingerprint density at radius 3 is 2.19 bits per heavy atom. The quantitative estimate of drug-likeness (QED) is 0.270. The van der Waals surface area contributed by atoms with E-state index in [1.807, 2.05) is 0 Å². The fourth-order valence-corrected chi connectivity index (χ4v) is 4.67. The molecule has 1 aliphatic carbocycles. The first-order chi connectivity index (χ1) is 17.7. The van der Waals surface area contributed by atoms with Gasteiger partial charge in [-0.05, 0) is 43.9 Å². The fourth-order valence-electron chi connectivity index (χ4n) is 4.67. The molecule has 1 saturated carbocycles. The Kier molecular flexibility index (Phi) is 10.5. The average Bonchev–Trinajstić information content (AvgIpc) is 3.58. The summed E-state index contributed by atoms with van der Waals surface area (Å²) in [5.41, 5.74) is 0.788. The third-order valence-corrected chi connectivity index (χ3v) is 6.84. The van der Waals surface area contributed by atoms with Crippen molar-refractivity contribution in [2.75, 3.05) is 13.7 Å². The van der Waals surface area contributed by atoms with Gasteiger partial charge in [-0.1, -0.05) is 37.8 Å². The average molecular weight is 518 g/mol. The second-order valence-corrected chi connectivity index (χ2v) is 10.1. The van der Waals surface area contributed by atoms with Crippen molar-refractivity contribution in [1.29, 1.82) is 0 Å². The van der Waals surface area contributed by atoms with Crippen molar-refractivity contribution in [2.45, 2.75) is 89.1 Å². The highest BCUT2D eigenvalue weighted by atomic mass is 16.6. The Hall–Kier alpha value is -2.98. The predicted octanol–water partition coefficient (Wildman–Crippen LogP) is 1.03. The maximum Gasteiger partial charge on any atom is 0.243 e. The van der Waals surface area contributed by atoms with E-state index in [-0.39, 0.29) is 18.6 Å². The van der Waals surface area contributed by atoms with Crippen molar-refractivity contribution < 1.29 is 33.8 Å². The van der Waals surface area contributed by atoms with E-state index in [1.54, 1.807) is 31.4 Å². The molecule has 4 N–H and O–H groups in total. The minimum absolute atomic E-state index is 0.131. The van der Waals surface area contributed by atoms with Crippen LogP contribution in [0.4, 0.5) is 0 Å². The maximum atomic E-state index is 13.5. The number of ketones is 1. The zero-order valence-corrected chi connectivity index (χ0v) is 21.8. The van der Waals surface area contributed by atoms with Gasteiger partial charge in [-0.2, -0.15) is 0 Å². The van der Waals surface area contributed by atoms with Gasteiger partial charge in [-0.15, -0.1) is 0 Å². The van der Waals surface area contributed by atoms with E-state index in [2.05, 4.69) is 16.0 Å². The summed E-state index contributed by atoms with van der Waals surface area (Å²) in [7, 11) is 1.56. The first-order valence-corrected chi connectivity index (χ1v) is 13.0. The number of epoxide rings is 1. The molecule has 0 radical (unpaired) electrons. The van der Waals surface area contributed by atoms with E-state index < -0.39 is 48.1 Å². The summed E-state index contributed by atoms with van der Waals surface area (Å²) in [5.74, 6) is -0.587. The number of nitrogens with one attached hydrogen (secondary N) is 3. The number of aliphatic hydroxyl groups excluding tert-OH is 1. The molecule has 204 valence electrons. The summed E-state index contributed by atoms with van der Waals surface area (Å²) in [4.78, 5) is 51.3. The molecule has 0 spiro atoms. The van der Waals surface area contributed by atoms with E-state index in [9.17, 15) is 24.3 Å². The first-order valence-electron chi connectivity index (χ1n) is 13.0. The lowest BCUT2D eigenvalue weighted by Crippen LogP contribution is -2.56. The Balaban J connectivity index is 1.72. The fraction of sp³-hybridized carbons (Fsp3) is 0.630. The number of Topliss-reactive ketones (excluding diaryl/α,β-unsaturated/α-hetero) is 1. The van der Waals surface area contributed by atoms with Crippen molar-refractivity contribution in [1.82, 2.24) is 16.0 Å². The van der Waals surface area contributed by atoms with Gasteiger partial charge in [0.15, 0.2) is 5.78 Å². The normalized spacial score (nSPS) is 20.3. The number of benzene rings is 1. The number of hydrogen-bond acceptors (Lipinski definition) is 7. The molecule has 1 saturated heterocycles. The van der Waals surface area contributed by atoms with Gasteiger partial charge in [0.2, 0.25) is 17.7 Å². The maximum absolute atomic E-state index is 13.5. The number of amides is 3. The van der Waals surface area contributed by atoms with Gasteiger partial charge >= 0.3 is 0 Å². The molecule has 10 nitrogen and oxygen atoms in total. The SMILES string of the molecule is COc1ccc(C[C@H](NC(=O)[C@@H](C)NC(=O)C[C@@H](C)O)C(=O)N[C@@H](CC2CCCC2)C(=O)[C@H]2CO2)cc1. The van der Waals surface area contributed by atoms with E-state index in [0.717, 1.165) is 31.2 Å². The second kappa shape index (κ2) is 13.5. The smallest absolute Gasteiger partial charge is 0.243 e. The molecule has 5 atom stereocenters. The molecule has 2 fully saturated rings. The summed E-state index contributed by atoms with van der Waals surface area (Å²) < 4.78 is 10.4. The lowest BCUT2D eigenvalue weighted by atomic mass is 9.94. The summed E-state index contributed by atoms with van der Waals surface area (Å²) >= 11 is 0. The highest BCUT2D eigenvalue weighted by Gasteiger charge is 2.39. The van der Waals surface area contributed by atoms with Crippen LogP contribution < -0.4 is 20.7 Å². The van der Waals surface area contributed by atoms with Crippen molar-refractivity contribution in [3.05, 3.63) is 29.8 Å². The molecular formula is C27H39N3O7. The molecule has 0 bridgehead atoms. The van der Waals surface area contributed by atoms with Crippen LogP contribution >= 0.6 is 0 Å². The molecule has 1 aromatic carbocycles. The largest absolute Gasteiger partial charge is 0.497 e. The van der Waals surface area contributed by atoms with Crippen LogP contribution in [0, 0.1) is 5.92 Å². The van der Waals surface area contributed by atoms with Crippen LogP contribution in [0.25, 0.3) is 0 Å².